The van der Waals surface area contributed by atoms with E-state index in [1.54, 1.807) is 26.1 Å². The first-order valence-corrected chi connectivity index (χ1v) is 8.38. The van der Waals surface area contributed by atoms with Gasteiger partial charge in [-0.1, -0.05) is 6.92 Å². The average molecular weight is 332 g/mol. The fourth-order valence-corrected chi connectivity index (χ4v) is 2.87. The van der Waals surface area contributed by atoms with Crippen molar-refractivity contribution in [2.45, 2.75) is 26.3 Å². The Balaban J connectivity index is 2.10. The lowest BCUT2D eigenvalue weighted by molar-refractivity contribution is 0.0746. The van der Waals surface area contributed by atoms with Gasteiger partial charge in [0, 0.05) is 44.8 Å². The Hall–Kier alpha value is -2.13. The van der Waals surface area contributed by atoms with E-state index in [9.17, 15) is 9.18 Å². The molecule has 24 heavy (non-hydrogen) atoms. The van der Waals surface area contributed by atoms with Gasteiger partial charge in [0.2, 0.25) is 0 Å². The number of anilines is 1. The second-order valence-electron chi connectivity index (χ2n) is 6.21. The van der Waals surface area contributed by atoms with Crippen molar-refractivity contribution in [3.05, 3.63) is 29.6 Å². The van der Waals surface area contributed by atoms with E-state index < -0.39 is 0 Å². The summed E-state index contributed by atoms with van der Waals surface area (Å²) in [6, 6.07) is 6.51. The fourth-order valence-electron chi connectivity index (χ4n) is 2.87. The number of piperazine rings is 1. The predicted octanol–water partition coefficient (Wildman–Crippen LogP) is 2.34. The maximum atomic E-state index is 14.5. The van der Waals surface area contributed by atoms with Gasteiger partial charge in [-0.25, -0.2) is 4.39 Å². The standard InChI is InChI=1S/C18H25FN4O/c1-4-22-9-11-23(12-10-22)17-6-5-15(13-16(17)19)18(24)21(3)14(2)7-8-20/h5-6,13-14H,4,7,9-12H2,1-3H3. The zero-order chi connectivity index (χ0) is 17.7. The summed E-state index contributed by atoms with van der Waals surface area (Å²) in [5, 5.41) is 8.74. The largest absolute Gasteiger partial charge is 0.367 e. The van der Waals surface area contributed by atoms with Gasteiger partial charge in [0.25, 0.3) is 5.91 Å². The Kier molecular flexibility index (Phi) is 6.16. The van der Waals surface area contributed by atoms with Gasteiger partial charge < -0.3 is 14.7 Å². The van der Waals surface area contributed by atoms with E-state index in [4.69, 9.17) is 5.26 Å². The first kappa shape index (κ1) is 18.2. The van der Waals surface area contributed by atoms with Gasteiger partial charge in [-0.05, 0) is 31.7 Å². The molecule has 1 aliphatic heterocycles. The van der Waals surface area contributed by atoms with Crippen LogP contribution in [0, 0.1) is 17.1 Å². The highest BCUT2D eigenvalue weighted by Crippen LogP contribution is 2.23. The molecule has 0 aromatic heterocycles. The van der Waals surface area contributed by atoms with E-state index in [1.807, 2.05) is 11.0 Å². The molecule has 0 spiro atoms. The second kappa shape index (κ2) is 8.11. The number of carbonyl (C=O) groups is 1. The molecule has 0 radical (unpaired) electrons. The van der Waals surface area contributed by atoms with Crippen LogP contribution >= 0.6 is 0 Å². The van der Waals surface area contributed by atoms with E-state index in [-0.39, 0.29) is 24.2 Å². The maximum absolute atomic E-state index is 14.5. The molecule has 1 unspecified atom stereocenters. The summed E-state index contributed by atoms with van der Waals surface area (Å²) in [5.74, 6) is -0.633. The van der Waals surface area contributed by atoms with Gasteiger partial charge in [-0.2, -0.15) is 5.26 Å². The number of hydrogen-bond acceptors (Lipinski definition) is 4. The van der Waals surface area contributed by atoms with Crippen molar-refractivity contribution in [2.24, 2.45) is 0 Å². The number of nitrogens with zero attached hydrogens (tertiary/aromatic N) is 4. The maximum Gasteiger partial charge on any atom is 0.253 e. The minimum Gasteiger partial charge on any atom is -0.367 e. The van der Waals surface area contributed by atoms with Crippen molar-refractivity contribution in [1.82, 2.24) is 9.80 Å². The third kappa shape index (κ3) is 4.04. The highest BCUT2D eigenvalue weighted by Gasteiger charge is 2.22. The van der Waals surface area contributed by atoms with E-state index in [0.29, 0.717) is 11.3 Å². The van der Waals surface area contributed by atoms with Gasteiger partial charge in [-0.15, -0.1) is 0 Å². The van der Waals surface area contributed by atoms with Crippen molar-refractivity contribution < 1.29 is 9.18 Å². The van der Waals surface area contributed by atoms with Crippen LogP contribution in [-0.2, 0) is 0 Å². The lowest BCUT2D eigenvalue weighted by Gasteiger charge is -2.35. The number of nitriles is 1. The van der Waals surface area contributed by atoms with Gasteiger partial charge in [0.1, 0.15) is 5.82 Å². The molecule has 0 bridgehead atoms. The molecule has 1 atom stereocenters. The van der Waals surface area contributed by atoms with Crippen molar-refractivity contribution >= 4 is 11.6 Å². The Labute approximate surface area is 143 Å². The van der Waals surface area contributed by atoms with E-state index in [2.05, 4.69) is 11.8 Å². The number of hydrogen-bond donors (Lipinski definition) is 0. The van der Waals surface area contributed by atoms with Gasteiger partial charge in [0.15, 0.2) is 0 Å². The van der Waals surface area contributed by atoms with Crippen molar-refractivity contribution in [3.8, 4) is 6.07 Å². The molecule has 1 heterocycles. The zero-order valence-corrected chi connectivity index (χ0v) is 14.6. The number of amides is 1. The third-order valence-electron chi connectivity index (χ3n) is 4.72. The Morgan fingerprint density at radius 3 is 2.58 bits per heavy atom. The third-order valence-corrected chi connectivity index (χ3v) is 4.72. The Morgan fingerprint density at radius 1 is 1.38 bits per heavy atom. The molecule has 5 nitrogen and oxygen atoms in total. The summed E-state index contributed by atoms with van der Waals surface area (Å²) >= 11 is 0. The smallest absolute Gasteiger partial charge is 0.253 e. The normalized spacial score (nSPS) is 16.5. The summed E-state index contributed by atoms with van der Waals surface area (Å²) in [5.41, 5.74) is 0.866. The Bertz CT molecular complexity index is 620. The molecule has 6 heteroatoms. The second-order valence-corrected chi connectivity index (χ2v) is 6.21. The van der Waals surface area contributed by atoms with Crippen molar-refractivity contribution in [1.29, 1.82) is 5.26 Å². The monoisotopic (exact) mass is 332 g/mol. The summed E-state index contributed by atoms with van der Waals surface area (Å²) < 4.78 is 14.5. The minimum atomic E-state index is -0.368. The van der Waals surface area contributed by atoms with Gasteiger partial charge in [-0.3, -0.25) is 4.79 Å². The van der Waals surface area contributed by atoms with E-state index >= 15 is 0 Å². The Morgan fingerprint density at radius 2 is 2.04 bits per heavy atom. The van der Waals surface area contributed by atoms with E-state index in [0.717, 1.165) is 32.7 Å². The molecule has 2 rings (SSSR count). The summed E-state index contributed by atoms with van der Waals surface area (Å²) in [4.78, 5) is 18.3. The van der Waals surface area contributed by atoms with Crippen LogP contribution in [0.25, 0.3) is 0 Å². The number of halogens is 1. The molecule has 0 aliphatic carbocycles. The highest BCUT2D eigenvalue weighted by molar-refractivity contribution is 5.94. The molecule has 1 aromatic carbocycles. The SMILES string of the molecule is CCN1CCN(c2ccc(C(=O)N(C)C(C)CC#N)cc2F)CC1. The molecular weight excluding hydrogens is 307 g/mol. The van der Waals surface area contributed by atoms with Crippen molar-refractivity contribution in [3.63, 3.8) is 0 Å². The molecule has 130 valence electrons. The van der Waals surface area contributed by atoms with Crippen LogP contribution in [0.15, 0.2) is 18.2 Å². The van der Waals surface area contributed by atoms with Crippen LogP contribution in [0.3, 0.4) is 0 Å². The summed E-state index contributed by atoms with van der Waals surface area (Å²) in [7, 11) is 1.64. The predicted molar refractivity (Wildman–Crippen MR) is 92.5 cm³/mol. The first-order valence-electron chi connectivity index (χ1n) is 8.38. The molecule has 0 saturated carbocycles. The van der Waals surface area contributed by atoms with Crippen LogP contribution in [0.1, 0.15) is 30.6 Å². The molecular formula is C18H25FN4O. The molecule has 1 aromatic rings. The van der Waals surface area contributed by atoms with Crippen molar-refractivity contribution in [2.75, 3.05) is 44.7 Å². The number of likely N-dealkylation sites (N-methyl/N-ethyl adjacent to an activating group) is 1. The van der Waals surface area contributed by atoms with Gasteiger partial charge >= 0.3 is 0 Å². The fraction of sp³-hybridized carbons (Fsp3) is 0.556. The van der Waals surface area contributed by atoms with Gasteiger partial charge in [0.05, 0.1) is 18.2 Å². The van der Waals surface area contributed by atoms with Crippen LogP contribution in [0.5, 0.6) is 0 Å². The highest BCUT2D eigenvalue weighted by atomic mass is 19.1. The lowest BCUT2D eigenvalue weighted by Crippen LogP contribution is -2.46. The van der Waals surface area contributed by atoms with Crippen LogP contribution in [-0.4, -0.2) is 61.5 Å². The lowest BCUT2D eigenvalue weighted by atomic mass is 10.1. The molecule has 1 saturated heterocycles. The molecule has 1 aliphatic rings. The number of benzene rings is 1. The van der Waals surface area contributed by atoms with Crippen LogP contribution in [0.2, 0.25) is 0 Å². The number of rotatable bonds is 5. The number of carbonyl (C=O) groups excluding carboxylic acids is 1. The molecule has 1 amide bonds. The zero-order valence-electron chi connectivity index (χ0n) is 14.6. The van der Waals surface area contributed by atoms with E-state index in [1.165, 1.54) is 11.0 Å². The minimum absolute atomic E-state index is 0.202. The molecule has 0 N–H and O–H groups in total. The van der Waals surface area contributed by atoms with Crippen LogP contribution < -0.4 is 4.90 Å². The summed E-state index contributed by atoms with van der Waals surface area (Å²) in [6.07, 6.45) is 0.254. The topological polar surface area (TPSA) is 50.6 Å². The van der Waals surface area contributed by atoms with Crippen LogP contribution in [0.4, 0.5) is 10.1 Å². The first-order chi connectivity index (χ1) is 11.5. The average Bonchev–Trinajstić information content (AvgIpc) is 2.60. The quantitative estimate of drug-likeness (QED) is 0.830. The summed E-state index contributed by atoms with van der Waals surface area (Å²) in [6.45, 7) is 8.36. The molecule has 1 fully saturated rings.